The summed E-state index contributed by atoms with van der Waals surface area (Å²) in [5.74, 6) is -0.592. The lowest BCUT2D eigenvalue weighted by Crippen LogP contribution is -2.53. The Bertz CT molecular complexity index is 1690. The largest absolute Gasteiger partial charge is 0.497 e. The summed E-state index contributed by atoms with van der Waals surface area (Å²) in [7, 11) is -2.77. The van der Waals surface area contributed by atoms with Crippen LogP contribution in [0.4, 0.5) is 5.69 Å². The molecule has 0 saturated heterocycles. The van der Waals surface area contributed by atoms with Gasteiger partial charge in [0, 0.05) is 41.2 Å². The molecule has 0 aromatic heterocycles. The van der Waals surface area contributed by atoms with E-state index in [2.05, 4.69) is 5.32 Å². The Balaban J connectivity index is 1.83. The number of halogens is 2. The first-order chi connectivity index (χ1) is 21.6. The van der Waals surface area contributed by atoms with Gasteiger partial charge in [-0.1, -0.05) is 90.8 Å². The van der Waals surface area contributed by atoms with E-state index in [1.54, 1.807) is 60.7 Å². The average molecular weight is 669 g/mol. The van der Waals surface area contributed by atoms with Crippen LogP contribution in [0.5, 0.6) is 5.75 Å². The summed E-state index contributed by atoms with van der Waals surface area (Å²) in [6.45, 7) is 1.58. The minimum atomic E-state index is -4.24. The van der Waals surface area contributed by atoms with Crippen LogP contribution in [0.3, 0.4) is 0 Å². The van der Waals surface area contributed by atoms with Crippen molar-refractivity contribution in [2.24, 2.45) is 0 Å². The van der Waals surface area contributed by atoms with Crippen molar-refractivity contribution in [2.75, 3.05) is 24.5 Å². The summed E-state index contributed by atoms with van der Waals surface area (Å²) in [5.41, 5.74) is 1.48. The highest BCUT2D eigenvalue weighted by Gasteiger charge is 2.35. The quantitative estimate of drug-likeness (QED) is 0.169. The van der Waals surface area contributed by atoms with Crippen LogP contribution in [0.25, 0.3) is 0 Å². The Labute approximate surface area is 274 Å². The first-order valence-corrected chi connectivity index (χ1v) is 16.6. The van der Waals surface area contributed by atoms with Gasteiger partial charge >= 0.3 is 0 Å². The first kappa shape index (κ1) is 33.8. The summed E-state index contributed by atoms with van der Waals surface area (Å²) >= 11 is 13.1. The van der Waals surface area contributed by atoms with Crippen molar-refractivity contribution < 1.29 is 22.7 Å². The van der Waals surface area contributed by atoms with Crippen LogP contribution in [0.2, 0.25) is 10.0 Å². The topological polar surface area (TPSA) is 96.0 Å². The number of amides is 2. The fraction of sp³-hybridized carbons (Fsp3) is 0.235. The molecule has 1 atom stereocenters. The molecule has 8 nitrogen and oxygen atoms in total. The number of hydrogen-bond donors (Lipinski definition) is 1. The van der Waals surface area contributed by atoms with Gasteiger partial charge in [-0.25, -0.2) is 8.42 Å². The predicted molar refractivity (Wildman–Crippen MR) is 178 cm³/mol. The van der Waals surface area contributed by atoms with Crippen LogP contribution in [-0.4, -0.2) is 51.4 Å². The van der Waals surface area contributed by atoms with Crippen molar-refractivity contribution in [3.8, 4) is 5.75 Å². The lowest BCUT2D eigenvalue weighted by atomic mass is 10.0. The number of nitrogens with zero attached hydrogens (tertiary/aromatic N) is 2. The van der Waals surface area contributed by atoms with Crippen molar-refractivity contribution in [1.82, 2.24) is 10.2 Å². The highest BCUT2D eigenvalue weighted by atomic mass is 35.5. The molecule has 1 N–H and O–H groups in total. The number of anilines is 1. The van der Waals surface area contributed by atoms with Crippen LogP contribution in [-0.2, 0) is 32.6 Å². The molecule has 0 saturated carbocycles. The molecule has 0 fully saturated rings. The number of carbonyl (C=O) groups is 2. The molecule has 0 spiro atoms. The molecule has 0 aliphatic carbocycles. The standard InChI is InChI=1S/C34H35Cl2N3O5S/c1-3-20-37-34(41)32(21-25-12-6-4-7-13-25)38(23-29-30(35)18-11-19-31(29)36)33(40)24-39(26-14-10-15-27(22-26)44-2)45(42,43)28-16-8-5-9-17-28/h4-19,22,32H,3,20-21,23-24H2,1-2H3,(H,37,41). The normalized spacial score (nSPS) is 11.8. The third-order valence-corrected chi connectivity index (χ3v) is 9.66. The molecular weight excluding hydrogens is 633 g/mol. The van der Waals surface area contributed by atoms with Gasteiger partial charge in [0.15, 0.2) is 0 Å². The van der Waals surface area contributed by atoms with Crippen LogP contribution in [0.15, 0.2) is 108 Å². The molecule has 4 rings (SSSR count). The highest BCUT2D eigenvalue weighted by molar-refractivity contribution is 7.92. The van der Waals surface area contributed by atoms with E-state index in [0.29, 0.717) is 34.3 Å². The maximum Gasteiger partial charge on any atom is 0.264 e. The molecule has 0 heterocycles. The van der Waals surface area contributed by atoms with Crippen molar-refractivity contribution in [2.45, 2.75) is 37.2 Å². The predicted octanol–water partition coefficient (Wildman–Crippen LogP) is 6.36. The van der Waals surface area contributed by atoms with Gasteiger partial charge in [0.2, 0.25) is 11.8 Å². The first-order valence-electron chi connectivity index (χ1n) is 14.4. The van der Waals surface area contributed by atoms with Gasteiger partial charge in [0.05, 0.1) is 17.7 Å². The van der Waals surface area contributed by atoms with E-state index in [1.165, 1.54) is 24.1 Å². The molecule has 45 heavy (non-hydrogen) atoms. The van der Waals surface area contributed by atoms with E-state index >= 15 is 0 Å². The molecule has 0 aliphatic rings. The number of nitrogens with one attached hydrogen (secondary N) is 1. The van der Waals surface area contributed by atoms with E-state index in [0.717, 1.165) is 9.87 Å². The minimum Gasteiger partial charge on any atom is -0.497 e. The van der Waals surface area contributed by atoms with Crippen molar-refractivity contribution >= 4 is 50.7 Å². The number of rotatable bonds is 14. The second kappa shape index (κ2) is 15.8. The van der Waals surface area contributed by atoms with Crippen molar-refractivity contribution in [3.05, 3.63) is 124 Å². The van der Waals surface area contributed by atoms with Gasteiger partial charge < -0.3 is 15.0 Å². The molecular formula is C34H35Cl2N3O5S. The second-order valence-corrected chi connectivity index (χ2v) is 12.9. The van der Waals surface area contributed by atoms with Gasteiger partial charge in [0.1, 0.15) is 18.3 Å². The third kappa shape index (κ3) is 8.57. The number of ether oxygens (including phenoxy) is 1. The Morgan fingerprint density at radius 3 is 2.11 bits per heavy atom. The van der Waals surface area contributed by atoms with E-state index in [4.69, 9.17) is 27.9 Å². The molecule has 1 unspecified atom stereocenters. The third-order valence-electron chi connectivity index (χ3n) is 7.16. The van der Waals surface area contributed by atoms with Gasteiger partial charge in [-0.3, -0.25) is 13.9 Å². The summed E-state index contributed by atoms with van der Waals surface area (Å²) in [6.07, 6.45) is 0.863. The van der Waals surface area contributed by atoms with Crippen LogP contribution < -0.4 is 14.4 Å². The molecule has 236 valence electrons. The maximum absolute atomic E-state index is 14.5. The van der Waals surface area contributed by atoms with Crippen LogP contribution >= 0.6 is 23.2 Å². The Kier molecular flexibility index (Phi) is 11.9. The molecule has 2 amide bonds. The Morgan fingerprint density at radius 2 is 1.49 bits per heavy atom. The summed E-state index contributed by atoms with van der Waals surface area (Å²) in [5, 5.41) is 3.54. The van der Waals surface area contributed by atoms with Crippen molar-refractivity contribution in [1.29, 1.82) is 0 Å². The Morgan fingerprint density at radius 1 is 0.867 bits per heavy atom. The zero-order chi connectivity index (χ0) is 32.4. The number of carbonyl (C=O) groups excluding carboxylic acids is 2. The minimum absolute atomic E-state index is 0.00263. The smallest absolute Gasteiger partial charge is 0.264 e. The number of benzene rings is 4. The highest BCUT2D eigenvalue weighted by Crippen LogP contribution is 2.30. The number of sulfonamides is 1. The summed E-state index contributed by atoms with van der Waals surface area (Å²) < 4.78 is 34.6. The fourth-order valence-corrected chi connectivity index (χ4v) is 6.73. The SMILES string of the molecule is CCCNC(=O)C(Cc1ccccc1)N(Cc1c(Cl)cccc1Cl)C(=O)CN(c1cccc(OC)c1)S(=O)(=O)c1ccccc1. The number of hydrogen-bond acceptors (Lipinski definition) is 5. The van der Waals surface area contributed by atoms with Crippen LogP contribution in [0.1, 0.15) is 24.5 Å². The maximum atomic E-state index is 14.5. The molecule has 0 radical (unpaired) electrons. The lowest BCUT2D eigenvalue weighted by Gasteiger charge is -2.34. The zero-order valence-electron chi connectivity index (χ0n) is 25.0. The van der Waals surface area contributed by atoms with Gasteiger partial charge in [-0.15, -0.1) is 0 Å². The molecule has 0 bridgehead atoms. The lowest BCUT2D eigenvalue weighted by molar-refractivity contribution is -0.140. The van der Waals surface area contributed by atoms with Gasteiger partial charge in [0.25, 0.3) is 10.0 Å². The molecule has 4 aromatic carbocycles. The van der Waals surface area contributed by atoms with Gasteiger partial charge in [-0.05, 0) is 48.4 Å². The summed E-state index contributed by atoms with van der Waals surface area (Å²) in [6, 6.07) is 27.6. The van der Waals surface area contributed by atoms with E-state index < -0.39 is 28.5 Å². The second-order valence-electron chi connectivity index (χ2n) is 10.2. The number of methoxy groups -OCH3 is 1. The monoisotopic (exact) mass is 667 g/mol. The van der Waals surface area contributed by atoms with E-state index in [-0.39, 0.29) is 29.5 Å². The molecule has 11 heteroatoms. The van der Waals surface area contributed by atoms with Crippen LogP contribution in [0, 0.1) is 0 Å². The molecule has 4 aromatic rings. The van der Waals surface area contributed by atoms with E-state index in [1.807, 2.05) is 37.3 Å². The summed E-state index contributed by atoms with van der Waals surface area (Å²) in [4.78, 5) is 29.6. The molecule has 0 aliphatic heterocycles. The van der Waals surface area contributed by atoms with Crippen molar-refractivity contribution in [3.63, 3.8) is 0 Å². The Hall–Kier alpha value is -4.05. The van der Waals surface area contributed by atoms with E-state index in [9.17, 15) is 18.0 Å². The zero-order valence-corrected chi connectivity index (χ0v) is 27.4. The fourth-order valence-electron chi connectivity index (χ4n) is 4.79. The van der Waals surface area contributed by atoms with Gasteiger partial charge in [-0.2, -0.15) is 0 Å². The average Bonchev–Trinajstić information content (AvgIpc) is 3.06.